The number of Topliss-reactive ketones (excluding diaryl/α,β-unsaturated/α-hetero) is 1. The lowest BCUT2D eigenvalue weighted by atomic mass is 9.77. The van der Waals surface area contributed by atoms with Crippen molar-refractivity contribution in [3.63, 3.8) is 0 Å². The number of ether oxygens (including phenoxy) is 4. The normalized spacial score (nSPS) is 30.0. The molecule has 1 saturated heterocycles. The second kappa shape index (κ2) is 20.0. The molecule has 3 aromatic carbocycles. The van der Waals surface area contributed by atoms with Crippen LogP contribution in [0.5, 0.6) is 23.0 Å². The number of methoxy groups -OCH3 is 1. The van der Waals surface area contributed by atoms with Crippen LogP contribution in [-0.4, -0.2) is 112 Å². The predicted octanol–water partition coefficient (Wildman–Crippen LogP) is 7.31. The van der Waals surface area contributed by atoms with Gasteiger partial charge in [-0.25, -0.2) is 0 Å². The average molecular weight is 918 g/mol. The monoisotopic (exact) mass is 918 g/mol. The molecule has 7 rings (SSSR count). The number of rotatable bonds is 5. The topological polar surface area (TPSA) is 208 Å². The highest BCUT2D eigenvalue weighted by Gasteiger charge is 2.50. The van der Waals surface area contributed by atoms with Crippen LogP contribution in [-0.2, 0) is 30.3 Å². The summed E-state index contributed by atoms with van der Waals surface area (Å²) in [5.41, 5.74) is 4.84. The fourth-order valence-electron chi connectivity index (χ4n) is 10.4. The number of piperazine rings is 1. The van der Waals surface area contributed by atoms with Gasteiger partial charge < -0.3 is 54.7 Å². The van der Waals surface area contributed by atoms with Gasteiger partial charge in [-0.05, 0) is 69.2 Å². The van der Waals surface area contributed by atoms with Gasteiger partial charge in [0.1, 0.15) is 34.7 Å². The van der Waals surface area contributed by atoms with Gasteiger partial charge in [0, 0.05) is 88.3 Å². The van der Waals surface area contributed by atoms with Crippen LogP contribution < -0.4 is 15.0 Å². The highest BCUT2D eigenvalue weighted by atomic mass is 16.7. The number of anilines is 2. The molecular formula is C51H71N3O12. The first-order chi connectivity index (χ1) is 31.0. The maximum Gasteiger partial charge on any atom is 0.312 e. The Morgan fingerprint density at radius 3 is 2.11 bits per heavy atom. The van der Waals surface area contributed by atoms with Crippen molar-refractivity contribution in [1.29, 1.82) is 0 Å². The number of amides is 1. The van der Waals surface area contributed by atoms with Crippen molar-refractivity contribution in [2.75, 3.05) is 43.5 Å². The van der Waals surface area contributed by atoms with Crippen molar-refractivity contribution < 1.29 is 58.9 Å². The number of aryl methyl sites for hydroxylation is 3. The maximum atomic E-state index is 14.7. The minimum Gasteiger partial charge on any atom is -0.507 e. The fraction of sp³-hybridized carbons (Fsp3) is 0.588. The Kier molecular flexibility index (Phi) is 15.3. The standard InChI is InChI=1S/C51H71N3O12/c1-25-22-28(4)35(29(5)23-25)24-53-17-19-54(20-18-53)41-40-45(59)38-37(46(41)60)39-48(33(9)44(38)58)66-51(11,49(39)61)64-21-16-36(63-12)30(6)47(65-34(10)55)32(8)43(57)31(7)42(56)26(2)14-13-15-27(3)50(62)52-40/h16,21-23,26-27,30-32,36,42-43,47,56-60H,13-15,17-20,24H2,1-12H3,(H,52,62)/b21-16+. The lowest BCUT2D eigenvalue weighted by molar-refractivity contribution is -0.160. The summed E-state index contributed by atoms with van der Waals surface area (Å²) in [5, 5.41) is 62.3. The van der Waals surface area contributed by atoms with Crippen LogP contribution in [0.15, 0.2) is 24.5 Å². The van der Waals surface area contributed by atoms with Crippen LogP contribution in [0.4, 0.5) is 11.4 Å². The number of esters is 1. The molecule has 362 valence electrons. The van der Waals surface area contributed by atoms with Gasteiger partial charge in [-0.3, -0.25) is 19.3 Å². The zero-order chi connectivity index (χ0) is 48.7. The molecule has 1 fully saturated rings. The highest BCUT2D eigenvalue weighted by molar-refractivity contribution is 6.23. The van der Waals surface area contributed by atoms with Crippen molar-refractivity contribution in [3.05, 3.63) is 57.9 Å². The van der Waals surface area contributed by atoms with Crippen LogP contribution in [0, 0.1) is 57.3 Å². The number of ketones is 1. The van der Waals surface area contributed by atoms with Gasteiger partial charge in [0.25, 0.3) is 5.78 Å². The molecule has 0 aromatic heterocycles. The molecule has 0 radical (unpaired) electrons. The number of carbonyl (C=O) groups is 3. The summed E-state index contributed by atoms with van der Waals surface area (Å²) in [6, 6.07) is 4.35. The fourth-order valence-corrected chi connectivity index (χ4v) is 10.4. The highest BCUT2D eigenvalue weighted by Crippen LogP contribution is 2.58. The number of benzene rings is 3. The number of phenolic OH excluding ortho intramolecular Hbond substituents is 3. The van der Waals surface area contributed by atoms with Gasteiger partial charge in [-0.2, -0.15) is 0 Å². The molecule has 4 aliphatic rings. The molecule has 4 aliphatic heterocycles. The third kappa shape index (κ3) is 9.67. The minimum atomic E-state index is -2.02. The molecule has 0 aliphatic carbocycles. The molecule has 4 heterocycles. The Morgan fingerprint density at radius 1 is 0.864 bits per heavy atom. The number of aliphatic hydroxyl groups excluding tert-OH is 2. The van der Waals surface area contributed by atoms with E-state index in [-0.39, 0.29) is 44.9 Å². The average Bonchev–Trinajstić information content (AvgIpc) is 3.53. The van der Waals surface area contributed by atoms with E-state index >= 15 is 0 Å². The smallest absolute Gasteiger partial charge is 0.312 e. The summed E-state index contributed by atoms with van der Waals surface area (Å²) in [5.74, 6) is -7.91. The lowest BCUT2D eigenvalue weighted by Gasteiger charge is -2.38. The van der Waals surface area contributed by atoms with Crippen molar-refractivity contribution in [2.24, 2.45) is 29.6 Å². The maximum absolute atomic E-state index is 14.7. The van der Waals surface area contributed by atoms with Crippen molar-refractivity contribution in [1.82, 2.24) is 4.90 Å². The summed E-state index contributed by atoms with van der Waals surface area (Å²) in [6.07, 6.45) is 0.572. The van der Waals surface area contributed by atoms with E-state index in [1.807, 2.05) is 11.8 Å². The first-order valence-electron chi connectivity index (χ1n) is 23.3. The largest absolute Gasteiger partial charge is 0.507 e. The summed E-state index contributed by atoms with van der Waals surface area (Å²) < 4.78 is 23.9. The number of nitrogens with zero attached hydrogens (tertiary/aromatic N) is 2. The minimum absolute atomic E-state index is 0.0499. The molecule has 1 amide bonds. The quantitative estimate of drug-likeness (QED) is 0.0844. The van der Waals surface area contributed by atoms with E-state index in [0.717, 1.165) is 0 Å². The number of aromatic hydroxyl groups is 3. The van der Waals surface area contributed by atoms with Gasteiger partial charge in [0.15, 0.2) is 5.75 Å². The molecule has 15 heteroatoms. The molecule has 0 spiro atoms. The molecule has 15 nitrogen and oxygen atoms in total. The van der Waals surface area contributed by atoms with Crippen LogP contribution in [0.2, 0.25) is 0 Å². The Labute approximate surface area is 388 Å². The number of nitrogens with one attached hydrogen (secondary N) is 1. The van der Waals surface area contributed by atoms with E-state index in [2.05, 4.69) is 43.1 Å². The molecule has 6 N–H and O–H groups in total. The Bertz CT molecular complexity index is 2330. The number of hydrogen-bond acceptors (Lipinski definition) is 14. The number of hydrogen-bond donors (Lipinski definition) is 6. The predicted molar refractivity (Wildman–Crippen MR) is 252 cm³/mol. The zero-order valence-electron chi connectivity index (χ0n) is 40.7. The summed E-state index contributed by atoms with van der Waals surface area (Å²) in [7, 11) is 1.46. The van der Waals surface area contributed by atoms with Gasteiger partial charge >= 0.3 is 11.8 Å². The van der Waals surface area contributed by atoms with E-state index in [1.54, 1.807) is 27.7 Å². The number of aliphatic hydroxyl groups is 2. The van der Waals surface area contributed by atoms with E-state index in [4.69, 9.17) is 18.9 Å². The zero-order valence-corrected chi connectivity index (χ0v) is 40.7. The molecule has 0 saturated carbocycles. The van der Waals surface area contributed by atoms with Crippen LogP contribution in [0.1, 0.15) is 106 Å². The van der Waals surface area contributed by atoms with Crippen LogP contribution >= 0.6 is 0 Å². The first-order valence-corrected chi connectivity index (χ1v) is 23.3. The van der Waals surface area contributed by atoms with Gasteiger partial charge in [-0.15, -0.1) is 0 Å². The van der Waals surface area contributed by atoms with Gasteiger partial charge in [0.2, 0.25) is 5.91 Å². The second-order valence-corrected chi connectivity index (χ2v) is 19.4. The molecular weight excluding hydrogens is 847 g/mol. The number of fused-ring (bicyclic) bond motifs is 16. The Balaban J connectivity index is 1.45. The molecule has 5 bridgehead atoms. The van der Waals surface area contributed by atoms with Crippen molar-refractivity contribution in [2.45, 2.75) is 132 Å². The molecule has 10 unspecified atom stereocenters. The first kappa shape index (κ1) is 50.3. The number of phenols is 3. The van der Waals surface area contributed by atoms with E-state index in [0.29, 0.717) is 52.0 Å². The Hall–Kier alpha value is -5.09. The number of carbonyl (C=O) groups excluding carboxylic acids is 3. The van der Waals surface area contributed by atoms with Crippen molar-refractivity contribution >= 4 is 39.8 Å². The van der Waals surface area contributed by atoms with Gasteiger partial charge in [0.05, 0.1) is 35.5 Å². The van der Waals surface area contributed by atoms with Crippen molar-refractivity contribution in [3.8, 4) is 23.0 Å². The third-order valence-electron chi connectivity index (χ3n) is 14.6. The SMILES string of the molecule is COC1/C=C/OC2(C)Oc3c(C)c(O)c4c(O)c(c(N5CCN(Cc6c(C)cc(C)cc6C)CC5)c(O)c4c3C2=O)NC(=O)C(C)CCCC(C)C(O)C(C)C(O)C(C)C(OC(C)=O)C1C. The summed E-state index contributed by atoms with van der Waals surface area (Å²) >= 11 is 0. The van der Waals surface area contributed by atoms with E-state index < -0.39 is 88.8 Å². The second-order valence-electron chi connectivity index (χ2n) is 19.4. The van der Waals surface area contributed by atoms with Crippen LogP contribution in [0.25, 0.3) is 10.8 Å². The molecule has 66 heavy (non-hydrogen) atoms. The van der Waals surface area contributed by atoms with Gasteiger partial charge in [-0.1, -0.05) is 58.7 Å². The third-order valence-corrected chi connectivity index (χ3v) is 14.6. The summed E-state index contributed by atoms with van der Waals surface area (Å²) in [4.78, 5) is 45.5. The lowest BCUT2D eigenvalue weighted by Crippen LogP contribution is -2.46. The molecule has 10 atom stereocenters. The molecule has 3 aromatic rings. The Morgan fingerprint density at radius 2 is 1.50 bits per heavy atom. The van der Waals surface area contributed by atoms with Crippen LogP contribution in [0.3, 0.4) is 0 Å². The van der Waals surface area contributed by atoms with E-state index in [1.165, 1.54) is 62.5 Å². The van der Waals surface area contributed by atoms with E-state index in [9.17, 15) is 39.9 Å². The summed E-state index contributed by atoms with van der Waals surface area (Å²) in [6.45, 7) is 22.1.